The van der Waals surface area contributed by atoms with E-state index < -0.39 is 0 Å². The molecule has 0 atom stereocenters. The zero-order valence-corrected chi connectivity index (χ0v) is 13.0. The Morgan fingerprint density at radius 3 is 2.52 bits per heavy atom. The molecule has 0 radical (unpaired) electrons. The highest BCUT2D eigenvalue weighted by Crippen LogP contribution is 2.08. The largest absolute Gasteiger partial charge is 0.462 e. The summed E-state index contributed by atoms with van der Waals surface area (Å²) < 4.78 is 5.26. The maximum Gasteiger partial charge on any atom is 0.346 e. The molecule has 0 N–H and O–H groups in total. The van der Waals surface area contributed by atoms with Gasteiger partial charge in [0.25, 0.3) is 0 Å². The Kier molecular flexibility index (Phi) is 8.72. The van der Waals surface area contributed by atoms with Gasteiger partial charge in [0.05, 0.1) is 6.61 Å². The minimum Gasteiger partial charge on any atom is -0.462 e. The van der Waals surface area contributed by atoms with Crippen LogP contribution in [0.3, 0.4) is 0 Å². The number of carbonyl (C=O) groups is 1. The molecular weight excluding hydrogens is 260 g/mol. The third-order valence-corrected chi connectivity index (χ3v) is 2.94. The fourth-order valence-corrected chi connectivity index (χ4v) is 1.67. The monoisotopic (exact) mass is 284 g/mol. The molecule has 0 spiro atoms. The van der Waals surface area contributed by atoms with Gasteiger partial charge >= 0.3 is 5.97 Å². The van der Waals surface area contributed by atoms with Gasteiger partial charge in [-0.05, 0) is 24.5 Å². The predicted molar refractivity (Wildman–Crippen MR) is 87.6 cm³/mol. The number of rotatable bonds is 7. The number of unbranched alkanes of at least 4 members (excludes halogenated alkanes) is 3. The van der Waals surface area contributed by atoms with E-state index in [0.717, 1.165) is 37.7 Å². The number of ether oxygens (including phenoxy) is 1. The van der Waals surface area contributed by atoms with Crippen LogP contribution in [0.15, 0.2) is 35.9 Å². The molecule has 21 heavy (non-hydrogen) atoms. The molecule has 0 aliphatic rings. The molecule has 0 aromatic heterocycles. The highest BCUT2D eigenvalue weighted by atomic mass is 16.5. The molecular formula is C19H24O2. The molecule has 1 aromatic carbocycles. The van der Waals surface area contributed by atoms with Crippen LogP contribution in [0.5, 0.6) is 0 Å². The fourth-order valence-electron chi connectivity index (χ4n) is 1.67. The van der Waals surface area contributed by atoms with E-state index in [1.165, 1.54) is 0 Å². The molecule has 0 saturated heterocycles. The van der Waals surface area contributed by atoms with E-state index in [-0.39, 0.29) is 5.97 Å². The van der Waals surface area contributed by atoms with Crippen LogP contribution in [0.2, 0.25) is 0 Å². The highest BCUT2D eigenvalue weighted by Gasteiger charge is 2.08. The molecule has 1 aromatic rings. The first-order chi connectivity index (χ1) is 10.3. The van der Waals surface area contributed by atoms with Gasteiger partial charge in [-0.25, -0.2) is 4.79 Å². The summed E-state index contributed by atoms with van der Waals surface area (Å²) in [5.74, 6) is 5.70. The first kappa shape index (κ1) is 17.0. The van der Waals surface area contributed by atoms with Crippen molar-refractivity contribution >= 4 is 12.0 Å². The van der Waals surface area contributed by atoms with Crippen molar-refractivity contribution in [1.82, 2.24) is 0 Å². The van der Waals surface area contributed by atoms with Crippen LogP contribution in [0.1, 0.15) is 51.5 Å². The molecule has 2 nitrogen and oxygen atoms in total. The van der Waals surface area contributed by atoms with Crippen molar-refractivity contribution in [3.05, 3.63) is 41.5 Å². The van der Waals surface area contributed by atoms with Crippen LogP contribution in [0.4, 0.5) is 0 Å². The van der Waals surface area contributed by atoms with E-state index in [4.69, 9.17) is 4.74 Å². The lowest BCUT2D eigenvalue weighted by Crippen LogP contribution is -2.08. The molecule has 0 fully saturated rings. The second-order valence-electron chi connectivity index (χ2n) is 4.86. The third-order valence-electron chi connectivity index (χ3n) is 2.94. The summed E-state index contributed by atoms with van der Waals surface area (Å²) in [7, 11) is 0. The SMILES string of the molecule is CCCCC#CC(=Cc1ccccc1)C(=O)OCCCC. The third kappa shape index (κ3) is 7.37. The summed E-state index contributed by atoms with van der Waals surface area (Å²) in [5, 5.41) is 0. The molecule has 1 rings (SSSR count). The van der Waals surface area contributed by atoms with Gasteiger partial charge in [0.15, 0.2) is 0 Å². The molecule has 0 unspecified atom stereocenters. The van der Waals surface area contributed by atoms with Crippen molar-refractivity contribution in [2.75, 3.05) is 6.61 Å². The maximum absolute atomic E-state index is 12.1. The van der Waals surface area contributed by atoms with E-state index in [1.807, 2.05) is 30.3 Å². The Labute approximate surface area is 128 Å². The van der Waals surface area contributed by atoms with Gasteiger partial charge in [-0.15, -0.1) is 0 Å². The second-order valence-corrected chi connectivity index (χ2v) is 4.86. The lowest BCUT2D eigenvalue weighted by Gasteiger charge is -2.03. The predicted octanol–water partition coefficient (Wildman–Crippen LogP) is 4.61. The summed E-state index contributed by atoms with van der Waals surface area (Å²) in [6, 6.07) is 9.73. The summed E-state index contributed by atoms with van der Waals surface area (Å²) >= 11 is 0. The summed E-state index contributed by atoms with van der Waals surface area (Å²) in [5.41, 5.74) is 1.40. The fraction of sp³-hybridized carbons (Fsp3) is 0.421. The van der Waals surface area contributed by atoms with Crippen molar-refractivity contribution < 1.29 is 9.53 Å². The zero-order valence-electron chi connectivity index (χ0n) is 13.0. The summed E-state index contributed by atoms with van der Waals surface area (Å²) in [6.07, 6.45) is 6.66. The summed E-state index contributed by atoms with van der Waals surface area (Å²) in [6.45, 7) is 4.65. The van der Waals surface area contributed by atoms with Crippen molar-refractivity contribution in [2.24, 2.45) is 0 Å². The van der Waals surface area contributed by atoms with Crippen molar-refractivity contribution in [3.8, 4) is 11.8 Å². The zero-order chi connectivity index (χ0) is 15.3. The summed E-state index contributed by atoms with van der Waals surface area (Å²) in [4.78, 5) is 12.1. The van der Waals surface area contributed by atoms with Crippen LogP contribution < -0.4 is 0 Å². The van der Waals surface area contributed by atoms with Gasteiger partial charge < -0.3 is 4.74 Å². The quantitative estimate of drug-likeness (QED) is 0.316. The van der Waals surface area contributed by atoms with Crippen molar-refractivity contribution in [1.29, 1.82) is 0 Å². The molecule has 0 amide bonds. The molecule has 0 aliphatic heterocycles. The minimum absolute atomic E-state index is 0.323. The topological polar surface area (TPSA) is 26.3 Å². The Morgan fingerprint density at radius 1 is 1.14 bits per heavy atom. The number of carbonyl (C=O) groups excluding carboxylic acids is 1. The highest BCUT2D eigenvalue weighted by molar-refractivity contribution is 5.98. The Morgan fingerprint density at radius 2 is 1.86 bits per heavy atom. The van der Waals surface area contributed by atoms with Crippen LogP contribution in [0.25, 0.3) is 6.08 Å². The Hall–Kier alpha value is -2.01. The van der Waals surface area contributed by atoms with Crippen LogP contribution in [-0.2, 0) is 9.53 Å². The van der Waals surface area contributed by atoms with E-state index in [9.17, 15) is 4.79 Å². The smallest absolute Gasteiger partial charge is 0.346 e. The number of esters is 1. The van der Waals surface area contributed by atoms with Gasteiger partial charge in [-0.1, -0.05) is 68.9 Å². The normalized spacial score (nSPS) is 10.7. The Bertz CT molecular complexity index is 503. The standard InChI is InChI=1S/C19H24O2/c1-3-5-7-11-14-18(19(20)21-15-6-4-2)16-17-12-9-8-10-13-17/h8-10,12-13,16H,3-7,15H2,1-2H3. The van der Waals surface area contributed by atoms with Gasteiger partial charge in [0, 0.05) is 6.42 Å². The van der Waals surface area contributed by atoms with Crippen molar-refractivity contribution in [3.63, 3.8) is 0 Å². The number of benzene rings is 1. The molecule has 0 heterocycles. The average molecular weight is 284 g/mol. The van der Waals surface area contributed by atoms with Gasteiger partial charge in [-0.3, -0.25) is 0 Å². The van der Waals surface area contributed by atoms with Crippen LogP contribution in [0, 0.1) is 11.8 Å². The molecule has 0 saturated carbocycles. The maximum atomic E-state index is 12.1. The number of hydrogen-bond donors (Lipinski definition) is 0. The molecule has 112 valence electrons. The van der Waals surface area contributed by atoms with Crippen LogP contribution >= 0.6 is 0 Å². The number of hydrogen-bond acceptors (Lipinski definition) is 2. The van der Waals surface area contributed by atoms with E-state index in [2.05, 4.69) is 25.7 Å². The molecule has 0 aliphatic carbocycles. The van der Waals surface area contributed by atoms with Gasteiger partial charge in [0.2, 0.25) is 0 Å². The van der Waals surface area contributed by atoms with E-state index >= 15 is 0 Å². The van der Waals surface area contributed by atoms with E-state index in [1.54, 1.807) is 6.08 Å². The van der Waals surface area contributed by atoms with E-state index in [0.29, 0.717) is 12.2 Å². The lowest BCUT2D eigenvalue weighted by molar-refractivity contribution is -0.138. The average Bonchev–Trinajstić information content (AvgIpc) is 2.51. The first-order valence-electron chi connectivity index (χ1n) is 7.70. The van der Waals surface area contributed by atoms with Gasteiger partial charge in [-0.2, -0.15) is 0 Å². The van der Waals surface area contributed by atoms with Crippen LogP contribution in [-0.4, -0.2) is 12.6 Å². The minimum atomic E-state index is -0.323. The second kappa shape index (κ2) is 10.7. The molecule has 0 bridgehead atoms. The van der Waals surface area contributed by atoms with Gasteiger partial charge in [0.1, 0.15) is 5.57 Å². The molecule has 2 heteroatoms. The first-order valence-corrected chi connectivity index (χ1v) is 7.70. The lowest BCUT2D eigenvalue weighted by atomic mass is 10.1. The van der Waals surface area contributed by atoms with Crippen molar-refractivity contribution in [2.45, 2.75) is 46.0 Å². The Balaban J connectivity index is 2.80.